The van der Waals surface area contributed by atoms with E-state index in [4.69, 9.17) is 0 Å². The van der Waals surface area contributed by atoms with Crippen molar-refractivity contribution >= 4 is 11.8 Å². The van der Waals surface area contributed by atoms with Crippen molar-refractivity contribution < 1.29 is 0 Å². The molecule has 0 aromatic rings. The van der Waals surface area contributed by atoms with Crippen molar-refractivity contribution in [2.45, 2.75) is 44.4 Å². The lowest BCUT2D eigenvalue weighted by molar-refractivity contribution is 0.358. The maximum absolute atomic E-state index is 3.32. The van der Waals surface area contributed by atoms with E-state index in [0.29, 0.717) is 4.75 Å². The molecule has 0 radical (unpaired) electrons. The summed E-state index contributed by atoms with van der Waals surface area (Å²) in [7, 11) is 2.02. The summed E-state index contributed by atoms with van der Waals surface area (Å²) in [5.41, 5.74) is 0.256. The average Bonchev–Trinajstić information content (AvgIpc) is 1.86. The molecule has 0 aliphatic rings. The predicted molar refractivity (Wildman–Crippen MR) is 55.3 cm³/mol. The van der Waals surface area contributed by atoms with Crippen LogP contribution in [0.1, 0.15) is 34.1 Å². The SMILES string of the molecule is CNC(C)(C)CC(C)(C)SC. The molecule has 0 aromatic carbocycles. The van der Waals surface area contributed by atoms with E-state index < -0.39 is 0 Å². The molecule has 0 saturated carbocycles. The quantitative estimate of drug-likeness (QED) is 0.704. The lowest BCUT2D eigenvalue weighted by Crippen LogP contribution is -2.41. The zero-order valence-corrected chi connectivity index (χ0v) is 9.43. The summed E-state index contributed by atoms with van der Waals surface area (Å²) in [6.45, 7) is 9.06. The van der Waals surface area contributed by atoms with Gasteiger partial charge < -0.3 is 5.32 Å². The smallest absolute Gasteiger partial charge is 0.0135 e. The third-order valence-electron chi connectivity index (χ3n) is 2.10. The zero-order valence-electron chi connectivity index (χ0n) is 8.62. The minimum Gasteiger partial charge on any atom is -0.315 e. The van der Waals surface area contributed by atoms with Gasteiger partial charge in [0.15, 0.2) is 0 Å². The maximum atomic E-state index is 3.32. The molecular formula is C9H21NS. The van der Waals surface area contributed by atoms with Crippen molar-refractivity contribution in [3.8, 4) is 0 Å². The molecule has 68 valence electrons. The Morgan fingerprint density at radius 1 is 1.18 bits per heavy atom. The summed E-state index contributed by atoms with van der Waals surface area (Å²) in [4.78, 5) is 0. The lowest BCUT2D eigenvalue weighted by Gasteiger charge is -2.33. The number of thioether (sulfide) groups is 1. The van der Waals surface area contributed by atoms with Crippen molar-refractivity contribution in [2.24, 2.45) is 0 Å². The van der Waals surface area contributed by atoms with E-state index in [2.05, 4.69) is 39.3 Å². The highest BCUT2D eigenvalue weighted by molar-refractivity contribution is 7.99. The van der Waals surface area contributed by atoms with Crippen molar-refractivity contribution in [1.82, 2.24) is 5.32 Å². The van der Waals surface area contributed by atoms with Crippen LogP contribution in [-0.4, -0.2) is 23.6 Å². The summed E-state index contributed by atoms with van der Waals surface area (Å²) < 4.78 is 0.381. The Hall–Kier alpha value is 0.310. The molecule has 0 atom stereocenters. The van der Waals surface area contributed by atoms with Crippen LogP contribution in [0.3, 0.4) is 0 Å². The van der Waals surface area contributed by atoms with Crippen LogP contribution in [0.5, 0.6) is 0 Å². The van der Waals surface area contributed by atoms with Crippen molar-refractivity contribution in [1.29, 1.82) is 0 Å². The van der Waals surface area contributed by atoms with Gasteiger partial charge in [-0.25, -0.2) is 0 Å². The van der Waals surface area contributed by atoms with E-state index in [-0.39, 0.29) is 5.54 Å². The molecule has 0 aliphatic heterocycles. The van der Waals surface area contributed by atoms with Gasteiger partial charge in [-0.2, -0.15) is 11.8 Å². The van der Waals surface area contributed by atoms with Gasteiger partial charge in [-0.05, 0) is 33.6 Å². The molecule has 0 rings (SSSR count). The molecule has 0 amide bonds. The summed E-state index contributed by atoms with van der Waals surface area (Å²) >= 11 is 1.93. The van der Waals surface area contributed by atoms with Gasteiger partial charge in [-0.15, -0.1) is 0 Å². The highest BCUT2D eigenvalue weighted by Gasteiger charge is 2.26. The first-order chi connectivity index (χ1) is 4.83. The fourth-order valence-corrected chi connectivity index (χ4v) is 1.73. The fraction of sp³-hybridized carbons (Fsp3) is 1.00. The standard InChI is InChI=1S/C9H21NS/c1-8(2,10-5)7-9(3,4)11-6/h10H,7H2,1-6H3. The van der Waals surface area contributed by atoms with Gasteiger partial charge >= 0.3 is 0 Å². The zero-order chi connectivity index (χ0) is 9.12. The normalized spacial score (nSPS) is 13.6. The minimum absolute atomic E-state index is 0.256. The Morgan fingerprint density at radius 3 is 1.91 bits per heavy atom. The van der Waals surface area contributed by atoms with Gasteiger partial charge in [0.25, 0.3) is 0 Å². The largest absolute Gasteiger partial charge is 0.315 e. The van der Waals surface area contributed by atoms with Crippen LogP contribution < -0.4 is 5.32 Å². The molecule has 2 heteroatoms. The van der Waals surface area contributed by atoms with Crippen molar-refractivity contribution in [3.05, 3.63) is 0 Å². The molecule has 1 N–H and O–H groups in total. The summed E-state index contributed by atoms with van der Waals surface area (Å²) in [6.07, 6.45) is 3.36. The van der Waals surface area contributed by atoms with Gasteiger partial charge in [0.1, 0.15) is 0 Å². The van der Waals surface area contributed by atoms with Gasteiger partial charge in [0, 0.05) is 10.3 Å². The third-order valence-corrected chi connectivity index (χ3v) is 3.35. The van der Waals surface area contributed by atoms with E-state index >= 15 is 0 Å². The molecule has 0 aliphatic carbocycles. The topological polar surface area (TPSA) is 12.0 Å². The molecule has 0 aromatic heterocycles. The Morgan fingerprint density at radius 2 is 1.64 bits per heavy atom. The minimum atomic E-state index is 0.256. The van der Waals surface area contributed by atoms with E-state index in [1.165, 1.54) is 6.42 Å². The van der Waals surface area contributed by atoms with Crippen LogP contribution in [0.4, 0.5) is 0 Å². The van der Waals surface area contributed by atoms with Crippen LogP contribution in [0, 0.1) is 0 Å². The summed E-state index contributed by atoms with van der Waals surface area (Å²) in [5, 5.41) is 3.32. The van der Waals surface area contributed by atoms with Crippen molar-refractivity contribution in [2.75, 3.05) is 13.3 Å². The Kier molecular flexibility index (Phi) is 3.92. The van der Waals surface area contributed by atoms with Crippen LogP contribution in [-0.2, 0) is 0 Å². The predicted octanol–water partition coefficient (Wildman–Crippen LogP) is 2.52. The fourth-order valence-electron chi connectivity index (χ4n) is 1.22. The van der Waals surface area contributed by atoms with E-state index in [0.717, 1.165) is 0 Å². The first-order valence-corrected chi connectivity index (χ1v) is 5.29. The molecular weight excluding hydrogens is 154 g/mol. The van der Waals surface area contributed by atoms with Crippen molar-refractivity contribution in [3.63, 3.8) is 0 Å². The van der Waals surface area contributed by atoms with Gasteiger partial charge in [-0.1, -0.05) is 13.8 Å². The molecule has 0 unspecified atom stereocenters. The molecule has 0 saturated heterocycles. The highest BCUT2D eigenvalue weighted by atomic mass is 32.2. The van der Waals surface area contributed by atoms with Crippen LogP contribution in [0.25, 0.3) is 0 Å². The maximum Gasteiger partial charge on any atom is 0.0135 e. The molecule has 11 heavy (non-hydrogen) atoms. The van der Waals surface area contributed by atoms with Crippen LogP contribution in [0.15, 0.2) is 0 Å². The second kappa shape index (κ2) is 3.81. The number of hydrogen-bond donors (Lipinski definition) is 1. The Labute approximate surface area is 75.3 Å². The third kappa shape index (κ3) is 4.70. The molecule has 0 bridgehead atoms. The number of nitrogens with one attached hydrogen (secondary N) is 1. The Bertz CT molecular complexity index is 105. The monoisotopic (exact) mass is 175 g/mol. The second-order valence-corrected chi connectivity index (χ2v) is 5.79. The first kappa shape index (κ1) is 11.3. The second-order valence-electron chi connectivity index (χ2n) is 4.27. The van der Waals surface area contributed by atoms with Crippen LogP contribution in [0.2, 0.25) is 0 Å². The van der Waals surface area contributed by atoms with E-state index in [1.54, 1.807) is 0 Å². The summed E-state index contributed by atoms with van der Waals surface area (Å²) in [5.74, 6) is 0. The van der Waals surface area contributed by atoms with Gasteiger partial charge in [0.2, 0.25) is 0 Å². The van der Waals surface area contributed by atoms with Gasteiger partial charge in [0.05, 0.1) is 0 Å². The molecule has 0 spiro atoms. The summed E-state index contributed by atoms with van der Waals surface area (Å²) in [6, 6.07) is 0. The van der Waals surface area contributed by atoms with E-state index in [1.807, 2.05) is 18.8 Å². The number of rotatable bonds is 4. The Balaban J connectivity index is 4.02. The van der Waals surface area contributed by atoms with E-state index in [9.17, 15) is 0 Å². The number of hydrogen-bond acceptors (Lipinski definition) is 2. The molecule has 1 nitrogen and oxygen atoms in total. The van der Waals surface area contributed by atoms with Gasteiger partial charge in [-0.3, -0.25) is 0 Å². The molecule has 0 fully saturated rings. The lowest BCUT2D eigenvalue weighted by atomic mass is 9.92. The highest BCUT2D eigenvalue weighted by Crippen LogP contribution is 2.30. The van der Waals surface area contributed by atoms with Crippen LogP contribution >= 0.6 is 11.8 Å². The first-order valence-electron chi connectivity index (χ1n) is 4.07. The average molecular weight is 175 g/mol. The molecule has 0 heterocycles.